The molecule has 5 amide bonds. The summed E-state index contributed by atoms with van der Waals surface area (Å²) in [5.74, 6) is -2.12. The largest absolute Gasteiger partial charge is 0.363 e. The normalized spacial score (nSPS) is 28.0. The monoisotopic (exact) mass is 653 g/mol. The summed E-state index contributed by atoms with van der Waals surface area (Å²) in [4.78, 5) is 68.6. The molecule has 46 heavy (non-hydrogen) atoms. The molecular weight excluding hydrogens is 602 g/mol. The van der Waals surface area contributed by atoms with E-state index in [1.807, 2.05) is 0 Å². The molecule has 1 saturated heterocycles. The molecule has 1 aromatic heterocycles. The average Bonchev–Trinajstić information content (AvgIpc) is 3.75. The minimum Gasteiger partial charge on any atom is -0.363 e. The van der Waals surface area contributed by atoms with E-state index in [1.54, 1.807) is 16.2 Å². The van der Waals surface area contributed by atoms with Gasteiger partial charge >= 0.3 is 6.03 Å². The van der Waals surface area contributed by atoms with E-state index in [1.165, 1.54) is 5.56 Å². The topological polar surface area (TPSA) is 151 Å². The van der Waals surface area contributed by atoms with Crippen molar-refractivity contribution in [2.75, 3.05) is 6.54 Å². The number of fused-ring (bicyclic) bond motifs is 1. The van der Waals surface area contributed by atoms with Gasteiger partial charge in [-0.05, 0) is 90.0 Å². The molecular formula is C35H51N5O5S. The quantitative estimate of drug-likeness (QED) is 0.251. The first-order valence-electron chi connectivity index (χ1n) is 17.5. The Balaban J connectivity index is 1.21. The van der Waals surface area contributed by atoms with Gasteiger partial charge in [0.2, 0.25) is 17.6 Å². The first-order chi connectivity index (χ1) is 22.0. The number of nitrogens with zero attached hydrogens (tertiary/aromatic N) is 1. The molecule has 5 aliphatic rings. The number of primary amides is 1. The Labute approximate surface area is 276 Å². The third kappa shape index (κ3) is 6.99. The van der Waals surface area contributed by atoms with Crippen LogP contribution in [0.3, 0.4) is 0 Å². The van der Waals surface area contributed by atoms with Gasteiger partial charge in [0.25, 0.3) is 5.91 Å². The second kappa shape index (κ2) is 13.3. The van der Waals surface area contributed by atoms with Crippen LogP contribution in [0.1, 0.15) is 103 Å². The molecule has 2 heterocycles. The van der Waals surface area contributed by atoms with Crippen LogP contribution in [0.2, 0.25) is 0 Å². The van der Waals surface area contributed by atoms with Crippen LogP contribution >= 0.6 is 11.3 Å². The summed E-state index contributed by atoms with van der Waals surface area (Å²) >= 11 is 1.66. The van der Waals surface area contributed by atoms with Gasteiger partial charge in [0.1, 0.15) is 12.1 Å². The predicted molar refractivity (Wildman–Crippen MR) is 176 cm³/mol. The Kier molecular flexibility index (Phi) is 9.52. The van der Waals surface area contributed by atoms with E-state index in [0.717, 1.165) is 83.5 Å². The fraction of sp³-hybridized carbons (Fsp3) is 0.743. The number of Topliss-reactive ketones (excluding diaryl/α,β-unsaturated/α-hetero) is 1. The SMILES string of the molecule is CC1(C)[C@@H]2[C@@H](C(=O)NC(CC3CC3)C(=O)C(N)=O)N(C(=O)[C@@H](NC(=O)NC3(Cc4ccsc4)CCCCC3)C3CCCCC3)C[C@@H]21. The molecule has 0 radical (unpaired) electrons. The van der Waals surface area contributed by atoms with Gasteiger partial charge in [-0.2, -0.15) is 11.3 Å². The van der Waals surface area contributed by atoms with Crippen LogP contribution in [-0.4, -0.2) is 64.6 Å². The lowest BCUT2D eigenvalue weighted by atomic mass is 9.78. The lowest BCUT2D eigenvalue weighted by Crippen LogP contribution is -2.62. The zero-order valence-corrected chi connectivity index (χ0v) is 28.2. The van der Waals surface area contributed by atoms with Crippen molar-refractivity contribution in [3.05, 3.63) is 22.4 Å². The van der Waals surface area contributed by atoms with Crippen molar-refractivity contribution >= 4 is 40.9 Å². The summed E-state index contributed by atoms with van der Waals surface area (Å²) in [5, 5.41) is 13.5. The number of amides is 5. The smallest absolute Gasteiger partial charge is 0.315 e. The van der Waals surface area contributed by atoms with Crippen molar-refractivity contribution in [1.29, 1.82) is 0 Å². The summed E-state index contributed by atoms with van der Waals surface area (Å²) in [5.41, 5.74) is 6.09. The number of rotatable bonds is 12. The molecule has 0 spiro atoms. The molecule has 0 bridgehead atoms. The number of nitrogens with one attached hydrogen (secondary N) is 3. The second-order valence-electron chi connectivity index (χ2n) is 15.5. The third-order valence-corrected chi connectivity index (χ3v) is 12.6. The highest BCUT2D eigenvalue weighted by Gasteiger charge is 2.69. The Morgan fingerprint density at radius 1 is 0.978 bits per heavy atom. The zero-order valence-electron chi connectivity index (χ0n) is 27.4. The van der Waals surface area contributed by atoms with Gasteiger partial charge in [0, 0.05) is 12.1 Å². The zero-order chi connectivity index (χ0) is 32.6. The maximum atomic E-state index is 14.6. The summed E-state index contributed by atoms with van der Waals surface area (Å²) in [6.45, 7) is 4.66. The van der Waals surface area contributed by atoms with Gasteiger partial charge < -0.3 is 26.6 Å². The van der Waals surface area contributed by atoms with Crippen LogP contribution in [0, 0.1) is 29.1 Å². The van der Waals surface area contributed by atoms with Crippen LogP contribution < -0.4 is 21.7 Å². The second-order valence-corrected chi connectivity index (χ2v) is 16.3. The highest BCUT2D eigenvalue weighted by molar-refractivity contribution is 7.07. The number of urea groups is 1. The summed E-state index contributed by atoms with van der Waals surface area (Å²) in [6, 6.07) is -0.694. The summed E-state index contributed by atoms with van der Waals surface area (Å²) < 4.78 is 0. The number of likely N-dealkylation sites (tertiary alicyclic amines) is 1. The molecule has 4 aliphatic carbocycles. The maximum absolute atomic E-state index is 14.6. The molecule has 5 atom stereocenters. The van der Waals surface area contributed by atoms with Crippen molar-refractivity contribution in [3.63, 3.8) is 0 Å². The highest BCUT2D eigenvalue weighted by atomic mass is 32.1. The standard InChI is InChI=1S/C35H51N5O5S/c1-34(2)24-19-40(28(26(24)34)31(43)37-25(17-21-11-12-21)29(41)30(36)42)32(44)27(23-9-5-3-6-10-23)38-33(45)39-35(14-7-4-8-15-35)18-22-13-16-46-20-22/h13,16,20-21,23-28H,3-12,14-15,17-19H2,1-2H3,(H2,36,42)(H,37,43)(H2,38,39,45)/t24-,25?,26-,27-,28-/m0/s1. The van der Waals surface area contributed by atoms with Crippen LogP contribution in [0.5, 0.6) is 0 Å². The number of carbonyl (C=O) groups excluding carboxylic acids is 5. The van der Waals surface area contributed by atoms with Gasteiger partial charge in [0.05, 0.1) is 6.04 Å². The van der Waals surface area contributed by atoms with E-state index < -0.39 is 35.7 Å². The minimum absolute atomic E-state index is 0.0149. The molecule has 1 aliphatic heterocycles. The van der Waals surface area contributed by atoms with Crippen LogP contribution in [0.4, 0.5) is 4.79 Å². The van der Waals surface area contributed by atoms with Gasteiger partial charge in [-0.25, -0.2) is 4.79 Å². The van der Waals surface area contributed by atoms with Crippen LogP contribution in [0.25, 0.3) is 0 Å². The lowest BCUT2D eigenvalue weighted by Gasteiger charge is -2.40. The molecule has 1 aromatic rings. The van der Waals surface area contributed by atoms with E-state index in [9.17, 15) is 24.0 Å². The van der Waals surface area contributed by atoms with Gasteiger partial charge in [-0.3, -0.25) is 19.2 Å². The number of hydrogen-bond donors (Lipinski definition) is 4. The Morgan fingerprint density at radius 2 is 1.67 bits per heavy atom. The van der Waals surface area contributed by atoms with E-state index >= 15 is 0 Å². The van der Waals surface area contributed by atoms with E-state index in [0.29, 0.717) is 13.0 Å². The fourth-order valence-corrected chi connectivity index (χ4v) is 9.63. The molecule has 4 saturated carbocycles. The summed E-state index contributed by atoms with van der Waals surface area (Å²) in [6.07, 6.45) is 12.9. The maximum Gasteiger partial charge on any atom is 0.315 e. The Bertz CT molecular complexity index is 1310. The Hall–Kier alpha value is -2.95. The van der Waals surface area contributed by atoms with Crippen molar-refractivity contribution in [2.45, 2.75) is 127 Å². The van der Waals surface area contributed by atoms with Gasteiger partial charge in [0.15, 0.2) is 0 Å². The molecule has 0 aromatic carbocycles. The lowest BCUT2D eigenvalue weighted by molar-refractivity contribution is -0.144. The number of hydrogen-bond acceptors (Lipinski definition) is 6. The van der Waals surface area contributed by atoms with Crippen molar-refractivity contribution < 1.29 is 24.0 Å². The number of thiophene rings is 1. The van der Waals surface area contributed by atoms with E-state index in [2.05, 4.69) is 46.6 Å². The van der Waals surface area contributed by atoms with Gasteiger partial charge in [-0.15, -0.1) is 0 Å². The van der Waals surface area contributed by atoms with Crippen molar-refractivity contribution in [2.24, 2.45) is 34.8 Å². The highest BCUT2D eigenvalue weighted by Crippen LogP contribution is 2.65. The van der Waals surface area contributed by atoms with Crippen LogP contribution in [0.15, 0.2) is 16.8 Å². The predicted octanol–water partition coefficient (Wildman–Crippen LogP) is 4.06. The minimum atomic E-state index is -1.06. The van der Waals surface area contributed by atoms with Crippen molar-refractivity contribution in [1.82, 2.24) is 20.9 Å². The molecule has 6 rings (SSSR count). The number of ketones is 1. The molecule has 5 fully saturated rings. The molecule has 1 unspecified atom stereocenters. The molecule has 10 nitrogen and oxygen atoms in total. The number of nitrogens with two attached hydrogens (primary N) is 1. The third-order valence-electron chi connectivity index (χ3n) is 11.9. The Morgan fingerprint density at radius 3 is 2.30 bits per heavy atom. The van der Waals surface area contributed by atoms with Crippen molar-refractivity contribution in [3.8, 4) is 0 Å². The molecule has 252 valence electrons. The van der Waals surface area contributed by atoms with E-state index in [4.69, 9.17) is 5.73 Å². The summed E-state index contributed by atoms with van der Waals surface area (Å²) in [7, 11) is 0. The van der Waals surface area contributed by atoms with Crippen LogP contribution in [-0.2, 0) is 25.6 Å². The first kappa shape index (κ1) is 33.0. The number of carbonyl (C=O) groups is 5. The fourth-order valence-electron chi connectivity index (χ4n) is 8.96. The van der Waals surface area contributed by atoms with Gasteiger partial charge in [-0.1, -0.05) is 65.2 Å². The molecule has 11 heteroatoms. The average molecular weight is 654 g/mol. The molecule has 5 N–H and O–H groups in total. The number of piperidine rings is 1. The first-order valence-corrected chi connectivity index (χ1v) is 18.5. The van der Waals surface area contributed by atoms with E-state index in [-0.39, 0.29) is 46.6 Å².